The number of carboxylic acids is 1. The first kappa shape index (κ1) is 15.0. The van der Waals surface area contributed by atoms with E-state index in [1.807, 2.05) is 26.0 Å². The molecule has 0 heterocycles. The molecule has 0 fully saturated rings. The normalized spacial score (nSPS) is 11.5. The fraction of sp³-hybridized carbons (Fsp3) is 0.333. The monoisotopic (exact) mass is 262 g/mol. The molecule has 4 nitrogen and oxygen atoms in total. The standard InChI is InChI=1S/C15H18O4/c1-15(2,14(18)19-3)10-4-5-11-6-8-12(9-7-11)13(16)17/h4-9H,10H2,1-3H3,(H,16,17). The van der Waals surface area contributed by atoms with Crippen LogP contribution in [0, 0.1) is 5.41 Å². The van der Waals surface area contributed by atoms with Gasteiger partial charge in [0.25, 0.3) is 0 Å². The Hall–Kier alpha value is -2.10. The van der Waals surface area contributed by atoms with E-state index in [1.54, 1.807) is 24.3 Å². The first-order valence-corrected chi connectivity index (χ1v) is 5.95. The van der Waals surface area contributed by atoms with Gasteiger partial charge in [-0.05, 0) is 38.0 Å². The lowest BCUT2D eigenvalue weighted by molar-refractivity contribution is -0.150. The summed E-state index contributed by atoms with van der Waals surface area (Å²) in [5, 5.41) is 8.78. The van der Waals surface area contributed by atoms with E-state index in [2.05, 4.69) is 0 Å². The second-order valence-electron chi connectivity index (χ2n) is 4.91. The third-order valence-electron chi connectivity index (χ3n) is 2.83. The van der Waals surface area contributed by atoms with Gasteiger partial charge < -0.3 is 9.84 Å². The lowest BCUT2D eigenvalue weighted by Gasteiger charge is -2.18. The molecule has 0 aliphatic carbocycles. The number of rotatable bonds is 5. The SMILES string of the molecule is COC(=O)C(C)(C)CC=Cc1ccc(C(=O)O)cc1. The number of carbonyl (C=O) groups is 2. The molecule has 0 unspecified atom stereocenters. The summed E-state index contributed by atoms with van der Waals surface area (Å²) in [7, 11) is 1.37. The van der Waals surface area contributed by atoms with Crippen molar-refractivity contribution < 1.29 is 19.4 Å². The average Bonchev–Trinajstić information content (AvgIpc) is 2.38. The van der Waals surface area contributed by atoms with Crippen LogP contribution < -0.4 is 0 Å². The molecule has 0 radical (unpaired) electrons. The van der Waals surface area contributed by atoms with Gasteiger partial charge in [0.05, 0.1) is 18.1 Å². The Labute approximate surface area is 112 Å². The van der Waals surface area contributed by atoms with Gasteiger partial charge in [-0.25, -0.2) is 4.79 Å². The number of ether oxygens (including phenoxy) is 1. The molecule has 1 aromatic rings. The molecule has 0 aliphatic rings. The van der Waals surface area contributed by atoms with Crippen LogP contribution in [0.2, 0.25) is 0 Å². The number of benzene rings is 1. The molecule has 1 N–H and O–H groups in total. The van der Waals surface area contributed by atoms with Crippen LogP contribution in [0.15, 0.2) is 30.3 Å². The fourth-order valence-corrected chi connectivity index (χ4v) is 1.59. The Balaban J connectivity index is 2.67. The number of hydrogen-bond donors (Lipinski definition) is 1. The lowest BCUT2D eigenvalue weighted by atomic mass is 9.89. The predicted molar refractivity (Wildman–Crippen MR) is 72.8 cm³/mol. The van der Waals surface area contributed by atoms with Gasteiger partial charge in [-0.15, -0.1) is 0 Å². The van der Waals surface area contributed by atoms with E-state index in [0.29, 0.717) is 6.42 Å². The van der Waals surface area contributed by atoms with Crippen LogP contribution in [0.25, 0.3) is 6.08 Å². The van der Waals surface area contributed by atoms with Gasteiger partial charge in [0.2, 0.25) is 0 Å². The molecule has 0 aromatic heterocycles. The van der Waals surface area contributed by atoms with E-state index in [0.717, 1.165) is 5.56 Å². The largest absolute Gasteiger partial charge is 0.478 e. The van der Waals surface area contributed by atoms with Crippen molar-refractivity contribution in [2.75, 3.05) is 7.11 Å². The zero-order chi connectivity index (χ0) is 14.5. The molecule has 0 aliphatic heterocycles. The maximum Gasteiger partial charge on any atom is 0.335 e. The summed E-state index contributed by atoms with van der Waals surface area (Å²) in [4.78, 5) is 22.2. The summed E-state index contributed by atoms with van der Waals surface area (Å²) >= 11 is 0. The van der Waals surface area contributed by atoms with E-state index in [4.69, 9.17) is 9.84 Å². The van der Waals surface area contributed by atoms with Crippen molar-refractivity contribution >= 4 is 18.0 Å². The number of allylic oxidation sites excluding steroid dienone is 1. The molecule has 0 atom stereocenters. The number of aromatic carboxylic acids is 1. The minimum atomic E-state index is -0.942. The van der Waals surface area contributed by atoms with Crippen molar-refractivity contribution in [2.45, 2.75) is 20.3 Å². The van der Waals surface area contributed by atoms with E-state index in [9.17, 15) is 9.59 Å². The number of hydrogen-bond acceptors (Lipinski definition) is 3. The van der Waals surface area contributed by atoms with Gasteiger partial charge in [0.1, 0.15) is 0 Å². The number of carbonyl (C=O) groups excluding carboxylic acids is 1. The molecule has 19 heavy (non-hydrogen) atoms. The third-order valence-corrected chi connectivity index (χ3v) is 2.83. The minimum Gasteiger partial charge on any atom is -0.478 e. The van der Waals surface area contributed by atoms with Crippen LogP contribution in [0.1, 0.15) is 36.2 Å². The van der Waals surface area contributed by atoms with Crippen LogP contribution >= 0.6 is 0 Å². The quantitative estimate of drug-likeness (QED) is 0.828. The highest BCUT2D eigenvalue weighted by Gasteiger charge is 2.26. The molecule has 0 spiro atoms. The Bertz CT molecular complexity index is 483. The molecular weight excluding hydrogens is 244 g/mol. The molecule has 0 saturated heterocycles. The summed E-state index contributed by atoms with van der Waals surface area (Å²) in [6.45, 7) is 3.63. The zero-order valence-electron chi connectivity index (χ0n) is 11.3. The highest BCUT2D eigenvalue weighted by Crippen LogP contribution is 2.23. The van der Waals surface area contributed by atoms with Crippen LogP contribution in [0.4, 0.5) is 0 Å². The van der Waals surface area contributed by atoms with Crippen LogP contribution in [0.5, 0.6) is 0 Å². The zero-order valence-corrected chi connectivity index (χ0v) is 11.3. The van der Waals surface area contributed by atoms with Gasteiger partial charge in [-0.3, -0.25) is 4.79 Å². The average molecular weight is 262 g/mol. The molecular formula is C15H18O4. The van der Waals surface area contributed by atoms with Gasteiger partial charge in [-0.2, -0.15) is 0 Å². The van der Waals surface area contributed by atoms with E-state index < -0.39 is 11.4 Å². The third kappa shape index (κ3) is 4.25. The Morgan fingerprint density at radius 2 is 1.84 bits per heavy atom. The van der Waals surface area contributed by atoms with Crippen molar-refractivity contribution in [3.8, 4) is 0 Å². The number of carboxylic acid groups (broad SMARTS) is 1. The minimum absolute atomic E-state index is 0.252. The van der Waals surface area contributed by atoms with Crippen molar-refractivity contribution in [1.82, 2.24) is 0 Å². The first-order chi connectivity index (χ1) is 8.86. The molecule has 0 bridgehead atoms. The van der Waals surface area contributed by atoms with Gasteiger partial charge in [0, 0.05) is 0 Å². The van der Waals surface area contributed by atoms with Crippen LogP contribution in [-0.4, -0.2) is 24.2 Å². The molecule has 1 rings (SSSR count). The summed E-state index contributed by atoms with van der Waals surface area (Å²) in [6, 6.07) is 6.55. The Morgan fingerprint density at radius 1 is 1.26 bits per heavy atom. The molecule has 102 valence electrons. The Kier molecular flexibility index (Phi) is 4.87. The lowest BCUT2D eigenvalue weighted by Crippen LogP contribution is -2.24. The maximum absolute atomic E-state index is 11.5. The summed E-state index contributed by atoms with van der Waals surface area (Å²) < 4.78 is 4.72. The fourth-order valence-electron chi connectivity index (χ4n) is 1.59. The highest BCUT2D eigenvalue weighted by atomic mass is 16.5. The summed E-state index contributed by atoms with van der Waals surface area (Å²) in [6.07, 6.45) is 4.30. The second-order valence-corrected chi connectivity index (χ2v) is 4.91. The van der Waals surface area contributed by atoms with Gasteiger partial charge in [0.15, 0.2) is 0 Å². The molecule has 4 heteroatoms. The van der Waals surface area contributed by atoms with Crippen molar-refractivity contribution in [1.29, 1.82) is 0 Å². The summed E-state index contributed by atoms with van der Waals surface area (Å²) in [5.74, 6) is -1.19. The molecule has 1 aromatic carbocycles. The number of methoxy groups -OCH3 is 1. The van der Waals surface area contributed by atoms with Crippen molar-refractivity contribution in [3.63, 3.8) is 0 Å². The highest BCUT2D eigenvalue weighted by molar-refractivity contribution is 5.87. The molecule has 0 amide bonds. The predicted octanol–water partition coefficient (Wildman–Crippen LogP) is 2.99. The molecule has 0 saturated carbocycles. The maximum atomic E-state index is 11.5. The Morgan fingerprint density at radius 3 is 2.32 bits per heavy atom. The van der Waals surface area contributed by atoms with E-state index in [-0.39, 0.29) is 11.5 Å². The van der Waals surface area contributed by atoms with E-state index in [1.165, 1.54) is 7.11 Å². The smallest absolute Gasteiger partial charge is 0.335 e. The van der Waals surface area contributed by atoms with Crippen LogP contribution in [-0.2, 0) is 9.53 Å². The van der Waals surface area contributed by atoms with Crippen molar-refractivity contribution in [2.24, 2.45) is 5.41 Å². The van der Waals surface area contributed by atoms with Gasteiger partial charge >= 0.3 is 11.9 Å². The number of esters is 1. The first-order valence-electron chi connectivity index (χ1n) is 5.95. The van der Waals surface area contributed by atoms with E-state index >= 15 is 0 Å². The van der Waals surface area contributed by atoms with Gasteiger partial charge in [-0.1, -0.05) is 24.3 Å². The van der Waals surface area contributed by atoms with Crippen LogP contribution in [0.3, 0.4) is 0 Å². The summed E-state index contributed by atoms with van der Waals surface area (Å²) in [5.41, 5.74) is 0.587. The van der Waals surface area contributed by atoms with Crippen molar-refractivity contribution in [3.05, 3.63) is 41.5 Å². The second kappa shape index (κ2) is 6.18. The topological polar surface area (TPSA) is 63.6 Å².